The van der Waals surface area contributed by atoms with Gasteiger partial charge in [0.15, 0.2) is 0 Å². The van der Waals surface area contributed by atoms with Crippen molar-refractivity contribution in [3.05, 3.63) is 35.6 Å². The van der Waals surface area contributed by atoms with Crippen molar-refractivity contribution in [2.24, 2.45) is 0 Å². The normalized spacial score (nSPS) is 28.7. The van der Waals surface area contributed by atoms with Crippen molar-refractivity contribution < 1.29 is 27.1 Å². The summed E-state index contributed by atoms with van der Waals surface area (Å²) in [6, 6.07) is 5.31. The highest BCUT2D eigenvalue weighted by atomic mass is 19.4. The molecule has 1 heterocycles. The Balaban J connectivity index is 1.68. The summed E-state index contributed by atoms with van der Waals surface area (Å²) in [5.74, 6) is -2.62. The summed E-state index contributed by atoms with van der Waals surface area (Å²) < 4.78 is 57.7. The molecule has 1 aromatic rings. The maximum Gasteiger partial charge on any atom is 0.471 e. The zero-order valence-corrected chi connectivity index (χ0v) is 16.9. The minimum Gasteiger partial charge on any atom is -0.373 e. The molecule has 2 unspecified atom stereocenters. The van der Waals surface area contributed by atoms with Gasteiger partial charge in [-0.3, -0.25) is 9.69 Å². The maximum atomic E-state index is 13.3. The van der Waals surface area contributed by atoms with Crippen LogP contribution in [0.2, 0.25) is 0 Å². The summed E-state index contributed by atoms with van der Waals surface area (Å²) in [4.78, 5) is 13.7. The van der Waals surface area contributed by atoms with Crippen molar-refractivity contribution >= 4 is 5.91 Å². The number of carbonyl (C=O) groups is 1. The first-order chi connectivity index (χ1) is 13.4. The van der Waals surface area contributed by atoms with Crippen LogP contribution in [0.5, 0.6) is 0 Å². The van der Waals surface area contributed by atoms with Crippen LogP contribution in [0.4, 0.5) is 17.6 Å². The van der Waals surface area contributed by atoms with E-state index in [1.54, 1.807) is 12.1 Å². The summed E-state index contributed by atoms with van der Waals surface area (Å²) in [7, 11) is 0. The lowest BCUT2D eigenvalue weighted by molar-refractivity contribution is -0.175. The molecule has 3 rings (SSSR count). The Kier molecular flexibility index (Phi) is 6.24. The van der Waals surface area contributed by atoms with Gasteiger partial charge in [-0.05, 0) is 64.3 Å². The molecule has 0 radical (unpaired) electrons. The average molecular weight is 416 g/mol. The molecule has 1 saturated carbocycles. The molecule has 0 bridgehead atoms. The molecule has 29 heavy (non-hydrogen) atoms. The summed E-state index contributed by atoms with van der Waals surface area (Å²) >= 11 is 0. The quantitative estimate of drug-likeness (QED) is 0.755. The second-order valence-electron chi connectivity index (χ2n) is 9.00. The SMILES string of the molecule is CC(C)(C)OC1CC(N2CCC(c3ccc(F)cc3)C(NC(=O)C(F)(F)F)C2)C1. The molecule has 1 N–H and O–H groups in total. The largest absolute Gasteiger partial charge is 0.471 e. The van der Waals surface area contributed by atoms with Crippen molar-refractivity contribution in [1.29, 1.82) is 0 Å². The van der Waals surface area contributed by atoms with Gasteiger partial charge in [0.2, 0.25) is 0 Å². The van der Waals surface area contributed by atoms with Crippen LogP contribution in [0.3, 0.4) is 0 Å². The molecule has 1 aliphatic heterocycles. The number of hydrogen-bond acceptors (Lipinski definition) is 3. The fourth-order valence-corrected chi connectivity index (χ4v) is 4.25. The molecular formula is C21H28F4N2O2. The van der Waals surface area contributed by atoms with Crippen LogP contribution in [0.15, 0.2) is 24.3 Å². The summed E-state index contributed by atoms with van der Waals surface area (Å²) in [6.07, 6.45) is -2.53. The van der Waals surface area contributed by atoms with E-state index < -0.39 is 23.9 Å². The first kappa shape index (κ1) is 22.0. The first-order valence-corrected chi connectivity index (χ1v) is 9.97. The zero-order chi connectivity index (χ0) is 21.4. The third-order valence-electron chi connectivity index (χ3n) is 5.62. The van der Waals surface area contributed by atoms with E-state index in [0.717, 1.165) is 18.4 Å². The molecular weight excluding hydrogens is 388 g/mol. The Morgan fingerprint density at radius 3 is 2.31 bits per heavy atom. The Bertz CT molecular complexity index is 709. The summed E-state index contributed by atoms with van der Waals surface area (Å²) in [5.41, 5.74) is 0.509. The monoisotopic (exact) mass is 416 g/mol. The maximum absolute atomic E-state index is 13.3. The predicted octanol–water partition coefficient (Wildman–Crippen LogP) is 4.01. The molecule has 1 saturated heterocycles. The van der Waals surface area contributed by atoms with Gasteiger partial charge in [0, 0.05) is 24.5 Å². The number of likely N-dealkylation sites (tertiary alicyclic amines) is 1. The number of alkyl halides is 3. The lowest BCUT2D eigenvalue weighted by Crippen LogP contribution is -2.59. The summed E-state index contributed by atoms with van der Waals surface area (Å²) in [5, 5.41) is 2.17. The first-order valence-electron chi connectivity index (χ1n) is 9.97. The third kappa shape index (κ3) is 5.69. The molecule has 1 aliphatic carbocycles. The van der Waals surface area contributed by atoms with Gasteiger partial charge in [-0.2, -0.15) is 13.2 Å². The molecule has 2 fully saturated rings. The van der Waals surface area contributed by atoms with Gasteiger partial charge >= 0.3 is 12.1 Å². The van der Waals surface area contributed by atoms with E-state index in [4.69, 9.17) is 4.74 Å². The Morgan fingerprint density at radius 2 is 1.76 bits per heavy atom. The highest BCUT2D eigenvalue weighted by Crippen LogP contribution is 2.36. The molecule has 8 heteroatoms. The van der Waals surface area contributed by atoms with Crippen LogP contribution in [-0.2, 0) is 9.53 Å². The van der Waals surface area contributed by atoms with Gasteiger partial charge in [0.1, 0.15) is 5.82 Å². The molecule has 0 aromatic heterocycles. The molecule has 0 spiro atoms. The van der Waals surface area contributed by atoms with Crippen molar-refractivity contribution in [2.45, 2.75) is 75.9 Å². The second kappa shape index (κ2) is 8.22. The highest BCUT2D eigenvalue weighted by Gasteiger charge is 2.44. The Hall–Kier alpha value is -1.67. The Labute approximate surface area is 168 Å². The van der Waals surface area contributed by atoms with Crippen LogP contribution < -0.4 is 5.32 Å². The van der Waals surface area contributed by atoms with E-state index >= 15 is 0 Å². The number of benzene rings is 1. The minimum absolute atomic E-state index is 0.151. The van der Waals surface area contributed by atoms with Gasteiger partial charge < -0.3 is 10.1 Å². The smallest absolute Gasteiger partial charge is 0.373 e. The molecule has 162 valence electrons. The van der Waals surface area contributed by atoms with Crippen LogP contribution in [-0.4, -0.2) is 53.9 Å². The molecule has 2 aliphatic rings. The highest BCUT2D eigenvalue weighted by molar-refractivity contribution is 5.82. The van der Waals surface area contributed by atoms with E-state index in [1.807, 2.05) is 20.8 Å². The number of carbonyl (C=O) groups excluding carboxylic acids is 1. The topological polar surface area (TPSA) is 41.6 Å². The fraction of sp³-hybridized carbons (Fsp3) is 0.667. The van der Waals surface area contributed by atoms with Crippen LogP contribution in [0.1, 0.15) is 51.5 Å². The summed E-state index contributed by atoms with van der Waals surface area (Å²) in [6.45, 7) is 7.04. The zero-order valence-electron chi connectivity index (χ0n) is 16.9. The van der Waals surface area contributed by atoms with Gasteiger partial charge in [-0.25, -0.2) is 4.39 Å². The minimum atomic E-state index is -4.93. The molecule has 2 atom stereocenters. The van der Waals surface area contributed by atoms with Gasteiger partial charge in [0.05, 0.1) is 11.7 Å². The van der Waals surface area contributed by atoms with E-state index in [-0.39, 0.29) is 23.7 Å². The van der Waals surface area contributed by atoms with Crippen LogP contribution in [0.25, 0.3) is 0 Å². The molecule has 1 aromatic carbocycles. The lowest BCUT2D eigenvalue weighted by Gasteiger charge is -2.49. The fourth-order valence-electron chi connectivity index (χ4n) is 4.25. The third-order valence-corrected chi connectivity index (χ3v) is 5.62. The number of rotatable bonds is 4. The van der Waals surface area contributed by atoms with E-state index in [0.29, 0.717) is 19.5 Å². The number of hydrogen-bond donors (Lipinski definition) is 1. The average Bonchev–Trinajstić information content (AvgIpc) is 2.57. The standard InChI is InChI=1S/C21H28F4N2O2/c1-20(2,3)29-16-10-15(11-16)27-9-8-17(13-4-6-14(22)7-5-13)18(12-27)26-19(28)21(23,24)25/h4-7,15-18H,8-12H2,1-3H3,(H,26,28). The predicted molar refractivity (Wildman–Crippen MR) is 101 cm³/mol. The molecule has 4 nitrogen and oxygen atoms in total. The number of nitrogens with zero attached hydrogens (tertiary/aromatic N) is 1. The number of ether oxygens (including phenoxy) is 1. The number of halogens is 4. The van der Waals surface area contributed by atoms with Gasteiger partial charge in [-0.1, -0.05) is 12.1 Å². The van der Waals surface area contributed by atoms with Crippen molar-refractivity contribution in [1.82, 2.24) is 10.2 Å². The van der Waals surface area contributed by atoms with E-state index in [2.05, 4.69) is 10.2 Å². The van der Waals surface area contributed by atoms with Crippen LogP contribution >= 0.6 is 0 Å². The number of amides is 1. The number of nitrogens with one attached hydrogen (secondary N) is 1. The van der Waals surface area contributed by atoms with E-state index in [1.165, 1.54) is 12.1 Å². The van der Waals surface area contributed by atoms with E-state index in [9.17, 15) is 22.4 Å². The van der Waals surface area contributed by atoms with Crippen molar-refractivity contribution in [3.63, 3.8) is 0 Å². The van der Waals surface area contributed by atoms with Crippen molar-refractivity contribution in [2.75, 3.05) is 13.1 Å². The van der Waals surface area contributed by atoms with Crippen LogP contribution in [0, 0.1) is 5.82 Å². The lowest BCUT2D eigenvalue weighted by atomic mass is 9.81. The van der Waals surface area contributed by atoms with Crippen molar-refractivity contribution in [3.8, 4) is 0 Å². The van der Waals surface area contributed by atoms with Gasteiger partial charge in [-0.15, -0.1) is 0 Å². The Morgan fingerprint density at radius 1 is 1.14 bits per heavy atom. The van der Waals surface area contributed by atoms with Gasteiger partial charge in [0.25, 0.3) is 0 Å². The second-order valence-corrected chi connectivity index (χ2v) is 9.00. The molecule has 1 amide bonds. The number of piperidine rings is 1.